The highest BCUT2D eigenvalue weighted by molar-refractivity contribution is 5.78. The van der Waals surface area contributed by atoms with Crippen LogP contribution in [-0.4, -0.2) is 30.9 Å². The molecule has 2 heterocycles. The summed E-state index contributed by atoms with van der Waals surface area (Å²) in [7, 11) is 0. The van der Waals surface area contributed by atoms with Gasteiger partial charge in [0.1, 0.15) is 11.3 Å². The summed E-state index contributed by atoms with van der Waals surface area (Å²) in [5.41, 5.74) is 3.26. The zero-order valence-electron chi connectivity index (χ0n) is 18.5. The fourth-order valence-corrected chi connectivity index (χ4v) is 4.03. The molecular formula is C26H24N6O2. The van der Waals surface area contributed by atoms with E-state index in [1.165, 1.54) is 4.68 Å². The molecule has 0 radical (unpaired) electrons. The predicted molar refractivity (Wildman–Crippen MR) is 130 cm³/mol. The third-order valence-electron chi connectivity index (χ3n) is 5.76. The average Bonchev–Trinajstić information content (AvgIpc) is 3.30. The van der Waals surface area contributed by atoms with Crippen molar-refractivity contribution in [3.63, 3.8) is 0 Å². The fourth-order valence-electron chi connectivity index (χ4n) is 4.03. The van der Waals surface area contributed by atoms with Gasteiger partial charge in [-0.15, -0.1) is 5.10 Å². The number of nitrogens with zero attached hydrogens (tertiary/aromatic N) is 4. The summed E-state index contributed by atoms with van der Waals surface area (Å²) in [6.07, 6.45) is 1.34. The highest BCUT2D eigenvalue weighted by Gasteiger charge is 2.19. The van der Waals surface area contributed by atoms with Crippen molar-refractivity contribution < 1.29 is 4.79 Å². The van der Waals surface area contributed by atoms with E-state index >= 15 is 0 Å². The fraction of sp³-hybridized carbons (Fsp3) is 0.192. The van der Waals surface area contributed by atoms with Crippen LogP contribution in [0.1, 0.15) is 30.3 Å². The Labute approximate surface area is 195 Å². The molecule has 0 saturated heterocycles. The second kappa shape index (κ2) is 9.66. The van der Waals surface area contributed by atoms with Crippen molar-refractivity contribution in [3.8, 4) is 0 Å². The van der Waals surface area contributed by atoms with Crippen LogP contribution in [0.25, 0.3) is 21.9 Å². The summed E-state index contributed by atoms with van der Waals surface area (Å²) < 4.78 is 1.32. The van der Waals surface area contributed by atoms with Crippen LogP contribution in [0.2, 0.25) is 0 Å². The molecule has 170 valence electrons. The maximum Gasteiger partial charge on any atom is 0.277 e. The summed E-state index contributed by atoms with van der Waals surface area (Å²) >= 11 is 0. The largest absolute Gasteiger partial charge is 0.346 e. The van der Waals surface area contributed by atoms with E-state index in [0.29, 0.717) is 30.3 Å². The Morgan fingerprint density at radius 1 is 0.941 bits per heavy atom. The number of hydrogen-bond donors (Lipinski definition) is 2. The first-order valence-electron chi connectivity index (χ1n) is 11.3. The highest BCUT2D eigenvalue weighted by Crippen LogP contribution is 2.20. The maximum absolute atomic E-state index is 12.8. The number of nitrogens with one attached hydrogen (secondary N) is 2. The van der Waals surface area contributed by atoms with Crippen LogP contribution in [-0.2, 0) is 17.8 Å². The standard InChI is InChI=1S/C26H24N6O2/c33-24(15-8-16-32-26(34)19-11-4-5-12-20(19)30-31-32)27-23(17-18-9-2-1-3-10-18)25-28-21-13-6-7-14-22(21)29-25/h1-7,9-14,23H,8,15-17H2,(H,27,33)(H,28,29)/t23-/m0/s1. The van der Waals surface area contributed by atoms with Gasteiger partial charge in [-0.25, -0.2) is 9.67 Å². The molecule has 0 unspecified atom stereocenters. The molecule has 34 heavy (non-hydrogen) atoms. The monoisotopic (exact) mass is 452 g/mol. The smallest absolute Gasteiger partial charge is 0.277 e. The van der Waals surface area contributed by atoms with E-state index in [0.717, 1.165) is 22.4 Å². The van der Waals surface area contributed by atoms with Gasteiger partial charge in [0.25, 0.3) is 5.56 Å². The minimum absolute atomic E-state index is 0.108. The maximum atomic E-state index is 12.8. The van der Waals surface area contributed by atoms with Gasteiger partial charge in [0.05, 0.1) is 22.5 Å². The van der Waals surface area contributed by atoms with Crippen molar-refractivity contribution in [2.75, 3.05) is 0 Å². The van der Waals surface area contributed by atoms with Crippen LogP contribution in [0.4, 0.5) is 0 Å². The number of para-hydroxylation sites is 2. The van der Waals surface area contributed by atoms with Crippen LogP contribution in [0.5, 0.6) is 0 Å². The zero-order valence-corrected chi connectivity index (χ0v) is 18.5. The number of benzene rings is 3. The molecule has 5 rings (SSSR count). The van der Waals surface area contributed by atoms with Crippen molar-refractivity contribution in [2.45, 2.75) is 31.8 Å². The first kappa shape index (κ1) is 21.5. The molecule has 8 nitrogen and oxygen atoms in total. The second-order valence-electron chi connectivity index (χ2n) is 8.19. The van der Waals surface area contributed by atoms with E-state index in [1.807, 2.05) is 60.7 Å². The first-order chi connectivity index (χ1) is 16.7. The summed E-state index contributed by atoms with van der Waals surface area (Å²) in [4.78, 5) is 33.5. The quantitative estimate of drug-likeness (QED) is 0.375. The molecule has 0 fully saturated rings. The minimum Gasteiger partial charge on any atom is -0.346 e. The first-order valence-corrected chi connectivity index (χ1v) is 11.3. The zero-order chi connectivity index (χ0) is 23.3. The van der Waals surface area contributed by atoms with Crippen molar-refractivity contribution in [2.24, 2.45) is 0 Å². The lowest BCUT2D eigenvalue weighted by Gasteiger charge is -2.17. The lowest BCUT2D eigenvalue weighted by molar-refractivity contribution is -0.122. The molecule has 0 saturated carbocycles. The molecule has 0 bridgehead atoms. The van der Waals surface area contributed by atoms with Crippen LogP contribution >= 0.6 is 0 Å². The summed E-state index contributed by atoms with van der Waals surface area (Å²) in [6.45, 7) is 0.318. The normalized spacial score (nSPS) is 12.1. The van der Waals surface area contributed by atoms with Crippen molar-refractivity contribution in [1.29, 1.82) is 0 Å². The number of fused-ring (bicyclic) bond motifs is 2. The molecule has 0 aliphatic heterocycles. The molecule has 8 heteroatoms. The van der Waals surface area contributed by atoms with Gasteiger partial charge in [-0.3, -0.25) is 9.59 Å². The van der Waals surface area contributed by atoms with E-state index in [9.17, 15) is 9.59 Å². The molecular weight excluding hydrogens is 428 g/mol. The molecule has 0 spiro atoms. The van der Waals surface area contributed by atoms with Crippen LogP contribution in [0.15, 0.2) is 83.7 Å². The number of aryl methyl sites for hydroxylation is 1. The number of rotatable bonds is 8. The van der Waals surface area contributed by atoms with Crippen molar-refractivity contribution in [1.82, 2.24) is 30.3 Å². The van der Waals surface area contributed by atoms with E-state index in [4.69, 9.17) is 4.98 Å². The van der Waals surface area contributed by atoms with E-state index in [-0.39, 0.29) is 23.9 Å². The Balaban J connectivity index is 1.28. The molecule has 0 aliphatic rings. The van der Waals surface area contributed by atoms with E-state index < -0.39 is 0 Å². The number of carbonyl (C=O) groups is 1. The number of H-pyrrole nitrogens is 1. The number of imidazole rings is 1. The number of amides is 1. The average molecular weight is 453 g/mol. The predicted octanol–water partition coefficient (Wildman–Crippen LogP) is 3.55. The molecule has 3 aromatic carbocycles. The molecule has 1 atom stereocenters. The lowest BCUT2D eigenvalue weighted by atomic mass is 10.1. The Morgan fingerprint density at radius 2 is 1.68 bits per heavy atom. The lowest BCUT2D eigenvalue weighted by Crippen LogP contribution is -2.31. The van der Waals surface area contributed by atoms with Crippen molar-refractivity contribution >= 4 is 27.8 Å². The third kappa shape index (κ3) is 4.71. The van der Waals surface area contributed by atoms with Gasteiger partial charge in [-0.1, -0.05) is 59.8 Å². The van der Waals surface area contributed by atoms with Gasteiger partial charge < -0.3 is 10.3 Å². The Bertz CT molecular complexity index is 1460. The summed E-state index contributed by atoms with van der Waals surface area (Å²) in [6, 6.07) is 24.6. The van der Waals surface area contributed by atoms with Gasteiger partial charge in [-0.05, 0) is 42.7 Å². The topological polar surface area (TPSA) is 106 Å². The molecule has 1 amide bonds. The number of hydrogen-bond acceptors (Lipinski definition) is 5. The van der Waals surface area contributed by atoms with E-state index in [1.54, 1.807) is 18.2 Å². The Hall–Kier alpha value is -4.33. The Kier molecular flexibility index (Phi) is 6.11. The van der Waals surface area contributed by atoms with E-state index in [2.05, 4.69) is 20.6 Å². The van der Waals surface area contributed by atoms with Crippen LogP contribution in [0, 0.1) is 0 Å². The molecule has 2 aromatic heterocycles. The number of carbonyl (C=O) groups excluding carboxylic acids is 1. The third-order valence-corrected chi connectivity index (χ3v) is 5.76. The van der Waals surface area contributed by atoms with Gasteiger partial charge in [-0.2, -0.15) is 0 Å². The molecule has 2 N–H and O–H groups in total. The van der Waals surface area contributed by atoms with Crippen LogP contribution in [0.3, 0.4) is 0 Å². The van der Waals surface area contributed by atoms with Gasteiger partial charge in [0.15, 0.2) is 0 Å². The van der Waals surface area contributed by atoms with Crippen molar-refractivity contribution in [3.05, 3.63) is 101 Å². The number of aromatic amines is 1. The second-order valence-corrected chi connectivity index (χ2v) is 8.19. The minimum atomic E-state index is -0.300. The summed E-state index contributed by atoms with van der Waals surface area (Å²) in [5, 5.41) is 11.7. The molecule has 5 aromatic rings. The number of aromatic nitrogens is 5. The van der Waals surface area contributed by atoms with Gasteiger partial charge in [0.2, 0.25) is 5.91 Å². The van der Waals surface area contributed by atoms with Gasteiger partial charge >= 0.3 is 0 Å². The SMILES string of the molecule is O=C(CCCn1nnc2ccccc2c1=O)N[C@@H](Cc1ccccc1)c1nc2ccccc2[nH]1. The molecule has 0 aliphatic carbocycles. The van der Waals surface area contributed by atoms with Crippen LogP contribution < -0.4 is 10.9 Å². The van der Waals surface area contributed by atoms with Gasteiger partial charge in [0, 0.05) is 13.0 Å². The highest BCUT2D eigenvalue weighted by atomic mass is 16.1. The Morgan fingerprint density at radius 3 is 2.50 bits per heavy atom. The summed E-state index contributed by atoms with van der Waals surface area (Å²) in [5.74, 6) is 0.609.